The third kappa shape index (κ3) is 5.72. The van der Waals surface area contributed by atoms with Crippen molar-refractivity contribution in [1.29, 1.82) is 0 Å². The molecule has 0 aliphatic carbocycles. The van der Waals surface area contributed by atoms with E-state index in [1.54, 1.807) is 11.3 Å². The molecule has 0 spiro atoms. The third-order valence-corrected chi connectivity index (χ3v) is 6.65. The Morgan fingerprint density at radius 2 is 1.76 bits per heavy atom. The number of anilines is 2. The second kappa shape index (κ2) is 10.1. The number of rotatable bonds is 5. The summed E-state index contributed by atoms with van der Waals surface area (Å²) in [5.74, 6) is 6.52. The zero-order valence-electron chi connectivity index (χ0n) is 17.2. The first-order valence-corrected chi connectivity index (χ1v) is 11.4. The van der Waals surface area contributed by atoms with E-state index < -0.39 is 0 Å². The van der Waals surface area contributed by atoms with Gasteiger partial charge in [0.2, 0.25) is 0 Å². The first-order chi connectivity index (χ1) is 14.3. The number of nitrogens with zero attached hydrogens (tertiary/aromatic N) is 4. The molecular weight excluding hydrogens is 380 g/mol. The molecule has 2 aliphatic heterocycles. The van der Waals surface area contributed by atoms with Gasteiger partial charge in [-0.15, -0.1) is 11.3 Å². The lowest BCUT2D eigenvalue weighted by atomic mass is 10.1. The fraction of sp³-hybridized carbons (Fsp3) is 0.522. The molecule has 2 aliphatic rings. The predicted octanol–water partition coefficient (Wildman–Crippen LogP) is 3.26. The molecule has 2 saturated heterocycles. The Bertz CT molecular complexity index is 812. The molecule has 0 amide bonds. The van der Waals surface area contributed by atoms with E-state index in [2.05, 4.69) is 74.2 Å². The number of ether oxygens (including phenoxy) is 1. The smallest absolute Gasteiger partial charge is 0.185 e. The van der Waals surface area contributed by atoms with Crippen molar-refractivity contribution in [3.63, 3.8) is 0 Å². The van der Waals surface area contributed by atoms with Crippen molar-refractivity contribution < 1.29 is 4.74 Å². The van der Waals surface area contributed by atoms with Crippen LogP contribution in [0.3, 0.4) is 0 Å². The average molecular weight is 411 g/mol. The number of hydrogen-bond donors (Lipinski definition) is 0. The summed E-state index contributed by atoms with van der Waals surface area (Å²) in [5, 5.41) is 3.27. The van der Waals surface area contributed by atoms with Gasteiger partial charge in [-0.2, -0.15) is 0 Å². The van der Waals surface area contributed by atoms with E-state index in [4.69, 9.17) is 4.74 Å². The van der Waals surface area contributed by atoms with E-state index in [9.17, 15) is 0 Å². The lowest BCUT2D eigenvalue weighted by Crippen LogP contribution is -2.46. The van der Waals surface area contributed by atoms with Crippen molar-refractivity contribution >= 4 is 22.2 Å². The second-order valence-corrected chi connectivity index (χ2v) is 8.56. The number of para-hydroxylation sites is 1. The van der Waals surface area contributed by atoms with Crippen molar-refractivity contribution in [3.8, 4) is 11.8 Å². The molecule has 0 N–H and O–H groups in total. The molecule has 4 rings (SSSR count). The van der Waals surface area contributed by atoms with Gasteiger partial charge in [-0.3, -0.25) is 4.90 Å². The van der Waals surface area contributed by atoms with Crippen molar-refractivity contribution in [1.82, 2.24) is 9.88 Å². The summed E-state index contributed by atoms with van der Waals surface area (Å²) in [4.78, 5) is 11.8. The molecule has 154 valence electrons. The fourth-order valence-corrected chi connectivity index (χ4v) is 4.74. The van der Waals surface area contributed by atoms with Crippen molar-refractivity contribution in [2.45, 2.75) is 25.9 Å². The molecule has 6 heteroatoms. The number of benzene rings is 1. The molecule has 0 radical (unpaired) electrons. The highest BCUT2D eigenvalue weighted by Gasteiger charge is 2.21. The van der Waals surface area contributed by atoms with Crippen molar-refractivity contribution in [2.24, 2.45) is 0 Å². The van der Waals surface area contributed by atoms with E-state index in [1.165, 1.54) is 5.69 Å². The van der Waals surface area contributed by atoms with Gasteiger partial charge in [0.25, 0.3) is 0 Å². The van der Waals surface area contributed by atoms with Crippen molar-refractivity contribution in [2.75, 3.05) is 62.2 Å². The highest BCUT2D eigenvalue weighted by Crippen LogP contribution is 2.24. The molecule has 5 nitrogen and oxygen atoms in total. The van der Waals surface area contributed by atoms with Crippen LogP contribution in [0.1, 0.15) is 18.5 Å². The molecule has 1 aromatic carbocycles. The Hall–Kier alpha value is -2.07. The van der Waals surface area contributed by atoms with Crippen LogP contribution in [0, 0.1) is 18.8 Å². The van der Waals surface area contributed by atoms with E-state index in [1.807, 2.05) is 0 Å². The van der Waals surface area contributed by atoms with Crippen LogP contribution in [-0.2, 0) is 4.74 Å². The van der Waals surface area contributed by atoms with Gasteiger partial charge in [0.05, 0.1) is 18.3 Å². The fourth-order valence-electron chi connectivity index (χ4n) is 3.88. The number of hydrogen-bond acceptors (Lipinski definition) is 6. The van der Waals surface area contributed by atoms with E-state index in [0.717, 1.165) is 69.5 Å². The maximum atomic E-state index is 5.99. The van der Waals surface area contributed by atoms with Gasteiger partial charge in [0.1, 0.15) is 6.61 Å². The molecule has 29 heavy (non-hydrogen) atoms. The first kappa shape index (κ1) is 20.2. The summed E-state index contributed by atoms with van der Waals surface area (Å²) in [6, 6.07) is 10.7. The van der Waals surface area contributed by atoms with Crippen LogP contribution < -0.4 is 9.80 Å². The van der Waals surface area contributed by atoms with Crippen LogP contribution in [-0.4, -0.2) is 68.4 Å². The van der Waals surface area contributed by atoms with Crippen LogP contribution in [0.25, 0.3) is 0 Å². The summed E-state index contributed by atoms with van der Waals surface area (Å²) in [6.45, 7) is 9.76. The van der Waals surface area contributed by atoms with Crippen molar-refractivity contribution in [3.05, 3.63) is 41.4 Å². The molecule has 3 heterocycles. The Morgan fingerprint density at radius 1 is 1.00 bits per heavy atom. The molecule has 0 unspecified atom stereocenters. The summed E-state index contributed by atoms with van der Waals surface area (Å²) in [7, 11) is 0. The van der Waals surface area contributed by atoms with Gasteiger partial charge >= 0.3 is 0 Å². The van der Waals surface area contributed by atoms with E-state index in [0.29, 0.717) is 12.7 Å². The lowest BCUT2D eigenvalue weighted by molar-refractivity contribution is 0.0594. The van der Waals surface area contributed by atoms with E-state index >= 15 is 0 Å². The predicted molar refractivity (Wildman–Crippen MR) is 121 cm³/mol. The topological polar surface area (TPSA) is 31.8 Å². The highest BCUT2D eigenvalue weighted by molar-refractivity contribution is 7.13. The summed E-state index contributed by atoms with van der Waals surface area (Å²) in [5.41, 5.74) is 2.43. The zero-order valence-corrected chi connectivity index (χ0v) is 18.0. The van der Waals surface area contributed by atoms with Crippen LogP contribution >= 0.6 is 11.3 Å². The van der Waals surface area contributed by atoms with Gasteiger partial charge in [-0.25, -0.2) is 4.98 Å². The standard InChI is InChI=1S/C23H30N4OS/c1-20-19-29-23(24-20)27-12-9-22(10-13-27)28-18-6-5-11-25-14-16-26(17-15-25)21-7-3-2-4-8-21/h2-4,7-8,19,22H,9-18H2,1H3. The number of aromatic nitrogens is 1. The Kier molecular flexibility index (Phi) is 7.04. The maximum Gasteiger partial charge on any atom is 0.185 e. The Morgan fingerprint density at radius 3 is 2.45 bits per heavy atom. The zero-order chi connectivity index (χ0) is 19.9. The van der Waals surface area contributed by atoms with Gasteiger partial charge in [0.15, 0.2) is 5.13 Å². The number of aryl methyl sites for hydroxylation is 1. The van der Waals surface area contributed by atoms with Gasteiger partial charge in [-0.1, -0.05) is 30.0 Å². The van der Waals surface area contributed by atoms with Crippen LogP contribution in [0.2, 0.25) is 0 Å². The lowest BCUT2D eigenvalue weighted by Gasteiger charge is -2.35. The second-order valence-electron chi connectivity index (χ2n) is 7.72. The minimum Gasteiger partial charge on any atom is -0.369 e. The minimum atomic E-state index is 0.330. The molecule has 0 atom stereocenters. The van der Waals surface area contributed by atoms with Crippen LogP contribution in [0.4, 0.5) is 10.8 Å². The normalized spacial score (nSPS) is 18.5. The molecule has 2 fully saturated rings. The summed E-state index contributed by atoms with van der Waals surface area (Å²) in [6.07, 6.45) is 2.44. The number of piperidine rings is 1. The van der Waals surface area contributed by atoms with Crippen LogP contribution in [0.15, 0.2) is 35.7 Å². The third-order valence-electron chi connectivity index (χ3n) is 5.63. The Balaban J connectivity index is 1.11. The number of piperazine rings is 1. The molecule has 0 saturated carbocycles. The molecular formula is C23H30N4OS. The van der Waals surface area contributed by atoms with Crippen LogP contribution in [0.5, 0.6) is 0 Å². The average Bonchev–Trinajstić information content (AvgIpc) is 3.21. The van der Waals surface area contributed by atoms with E-state index in [-0.39, 0.29) is 0 Å². The first-order valence-electron chi connectivity index (χ1n) is 10.5. The quantitative estimate of drug-likeness (QED) is 0.707. The number of thiazole rings is 1. The SMILES string of the molecule is Cc1csc(N2CCC(OCC#CCN3CCN(c4ccccc4)CC3)CC2)n1. The Labute approximate surface area is 178 Å². The van der Waals surface area contributed by atoms with Gasteiger partial charge < -0.3 is 14.5 Å². The largest absolute Gasteiger partial charge is 0.369 e. The summed E-state index contributed by atoms with van der Waals surface area (Å²) >= 11 is 1.74. The molecule has 1 aromatic heterocycles. The molecule has 0 bridgehead atoms. The maximum absolute atomic E-state index is 5.99. The monoisotopic (exact) mass is 410 g/mol. The summed E-state index contributed by atoms with van der Waals surface area (Å²) < 4.78 is 5.99. The minimum absolute atomic E-state index is 0.330. The van der Waals surface area contributed by atoms with Gasteiger partial charge in [0, 0.05) is 50.3 Å². The van der Waals surface area contributed by atoms with Gasteiger partial charge in [-0.05, 0) is 31.9 Å². The molecule has 2 aromatic rings. The highest BCUT2D eigenvalue weighted by atomic mass is 32.1.